The largest absolute Gasteiger partial charge is 0.489 e. The number of hydrogen-bond donors (Lipinski definition) is 0. The molecule has 2 aliphatic carbocycles. The van der Waals surface area contributed by atoms with E-state index in [9.17, 15) is 10.1 Å². The van der Waals surface area contributed by atoms with Gasteiger partial charge in [-0.2, -0.15) is 5.26 Å². The van der Waals surface area contributed by atoms with Gasteiger partial charge in [0, 0.05) is 46.9 Å². The summed E-state index contributed by atoms with van der Waals surface area (Å²) in [6.07, 6.45) is 5.41. The van der Waals surface area contributed by atoms with E-state index in [1.54, 1.807) is 0 Å². The lowest BCUT2D eigenvalue weighted by Crippen LogP contribution is -2.42. The first-order valence-corrected chi connectivity index (χ1v) is 12.3. The smallest absolute Gasteiger partial charge is 0.139 e. The van der Waals surface area contributed by atoms with E-state index in [-0.39, 0.29) is 17.9 Å². The molecule has 1 heterocycles. The maximum absolute atomic E-state index is 12.4. The molecule has 0 amide bonds. The number of aryl methyl sites for hydroxylation is 2. The molecule has 0 aliphatic heterocycles. The molecule has 0 bridgehead atoms. The quantitative estimate of drug-likeness (QED) is 0.390. The summed E-state index contributed by atoms with van der Waals surface area (Å²) in [5.74, 6) is 1.48. The topological polar surface area (TPSA) is 55.0 Å². The SMILES string of the molecule is Cc1cc(C#N)cc2c1cc(Cc1c(Cl)ccc(OC3CC(C(=O)C4CCC4)C3)c1Cl)n2C. The first-order chi connectivity index (χ1) is 15.9. The standard InChI is InChI=1S/C27H26Cl2N2O2/c1-15-8-16(14-30)9-24-21(15)12-19(31(24)2)13-22-23(28)6-7-25(26(22)29)33-20-10-18(11-20)27(32)17-4-3-5-17/h6-9,12,17-18,20H,3-5,10-11,13H2,1-2H3. The van der Waals surface area contributed by atoms with Crippen molar-refractivity contribution in [3.63, 3.8) is 0 Å². The Morgan fingerprint density at radius 1 is 1.18 bits per heavy atom. The average molecular weight is 481 g/mol. The summed E-state index contributed by atoms with van der Waals surface area (Å²) in [6.45, 7) is 2.02. The zero-order valence-corrected chi connectivity index (χ0v) is 20.3. The van der Waals surface area contributed by atoms with Crippen LogP contribution in [0.4, 0.5) is 0 Å². The molecule has 3 aromatic rings. The van der Waals surface area contributed by atoms with Crippen molar-refractivity contribution in [1.82, 2.24) is 4.57 Å². The number of benzene rings is 2. The minimum atomic E-state index is 0.0234. The number of rotatable bonds is 6. The fourth-order valence-electron chi connectivity index (χ4n) is 5.01. The Hall–Kier alpha value is -2.48. The molecule has 4 nitrogen and oxygen atoms in total. The van der Waals surface area contributed by atoms with Gasteiger partial charge >= 0.3 is 0 Å². The molecule has 0 N–H and O–H groups in total. The highest BCUT2D eigenvalue weighted by atomic mass is 35.5. The number of aromatic nitrogens is 1. The van der Waals surface area contributed by atoms with Gasteiger partial charge in [0.2, 0.25) is 0 Å². The van der Waals surface area contributed by atoms with E-state index >= 15 is 0 Å². The van der Waals surface area contributed by atoms with Gasteiger partial charge in [-0.3, -0.25) is 4.79 Å². The Balaban J connectivity index is 1.35. The number of Topliss-reactive ketones (excluding diaryl/α,β-unsaturated/α-hetero) is 1. The molecule has 2 saturated carbocycles. The van der Waals surface area contributed by atoms with Gasteiger partial charge in [-0.05, 0) is 74.1 Å². The normalized spacial score (nSPS) is 20.2. The van der Waals surface area contributed by atoms with Crippen LogP contribution in [0.3, 0.4) is 0 Å². The molecule has 5 rings (SSSR count). The summed E-state index contributed by atoms with van der Waals surface area (Å²) < 4.78 is 8.27. The summed E-state index contributed by atoms with van der Waals surface area (Å²) in [5, 5.41) is 11.6. The lowest BCUT2D eigenvalue weighted by molar-refractivity contribution is -0.135. The molecule has 0 spiro atoms. The third-order valence-electron chi connectivity index (χ3n) is 7.40. The van der Waals surface area contributed by atoms with Crippen LogP contribution in [0.1, 0.15) is 54.5 Å². The molecule has 0 saturated heterocycles. The number of carbonyl (C=O) groups excluding carboxylic acids is 1. The van der Waals surface area contributed by atoms with Gasteiger partial charge < -0.3 is 9.30 Å². The Morgan fingerprint density at radius 2 is 1.94 bits per heavy atom. The molecule has 0 unspecified atom stereocenters. The highest BCUT2D eigenvalue weighted by molar-refractivity contribution is 6.37. The van der Waals surface area contributed by atoms with E-state index in [1.165, 1.54) is 6.42 Å². The minimum absolute atomic E-state index is 0.0234. The summed E-state index contributed by atoms with van der Waals surface area (Å²) in [6, 6.07) is 11.8. The predicted molar refractivity (Wildman–Crippen MR) is 131 cm³/mol. The van der Waals surface area contributed by atoms with Crippen LogP contribution in [0.5, 0.6) is 5.75 Å². The number of carbonyl (C=O) groups is 1. The third kappa shape index (κ3) is 4.03. The zero-order chi connectivity index (χ0) is 23.3. The van der Waals surface area contributed by atoms with Crippen LogP contribution >= 0.6 is 23.2 Å². The Kier molecular flexibility index (Phi) is 5.89. The van der Waals surface area contributed by atoms with Crippen LogP contribution in [0.2, 0.25) is 10.0 Å². The summed E-state index contributed by atoms with van der Waals surface area (Å²) in [4.78, 5) is 12.4. The van der Waals surface area contributed by atoms with E-state index in [4.69, 9.17) is 27.9 Å². The lowest BCUT2D eigenvalue weighted by atomic mass is 9.70. The van der Waals surface area contributed by atoms with Gasteiger partial charge in [0.25, 0.3) is 0 Å². The van der Waals surface area contributed by atoms with Crippen LogP contribution in [-0.4, -0.2) is 16.5 Å². The van der Waals surface area contributed by atoms with Gasteiger partial charge in [-0.15, -0.1) is 0 Å². The second-order valence-corrected chi connectivity index (χ2v) is 10.3. The van der Waals surface area contributed by atoms with E-state index in [2.05, 4.69) is 16.7 Å². The van der Waals surface area contributed by atoms with E-state index in [1.807, 2.05) is 38.2 Å². The number of halogens is 2. The lowest BCUT2D eigenvalue weighted by Gasteiger charge is -2.38. The number of fused-ring (bicyclic) bond motifs is 1. The second kappa shape index (κ2) is 8.70. The van der Waals surface area contributed by atoms with E-state index in [0.717, 1.165) is 53.4 Å². The maximum atomic E-state index is 12.4. The van der Waals surface area contributed by atoms with Crippen LogP contribution in [0, 0.1) is 30.1 Å². The molecule has 1 aromatic heterocycles. The molecule has 0 atom stereocenters. The van der Waals surface area contributed by atoms with Gasteiger partial charge in [0.1, 0.15) is 17.6 Å². The van der Waals surface area contributed by atoms with Crippen LogP contribution < -0.4 is 4.74 Å². The first kappa shape index (κ1) is 22.3. The van der Waals surface area contributed by atoms with Crippen molar-refractivity contribution in [2.75, 3.05) is 0 Å². The molecule has 6 heteroatoms. The van der Waals surface area contributed by atoms with E-state index < -0.39 is 0 Å². The number of nitriles is 1. The molecule has 2 aliphatic rings. The molecule has 2 aromatic carbocycles. The summed E-state index contributed by atoms with van der Waals surface area (Å²) in [7, 11) is 1.99. The monoisotopic (exact) mass is 480 g/mol. The molecule has 170 valence electrons. The third-order valence-corrected chi connectivity index (χ3v) is 8.17. The van der Waals surface area contributed by atoms with Crippen molar-refractivity contribution in [2.24, 2.45) is 18.9 Å². The highest BCUT2D eigenvalue weighted by Crippen LogP contribution is 2.42. The predicted octanol–water partition coefficient (Wildman–Crippen LogP) is 6.78. The van der Waals surface area contributed by atoms with Gasteiger partial charge in [-0.1, -0.05) is 29.6 Å². The van der Waals surface area contributed by atoms with Crippen molar-refractivity contribution in [3.8, 4) is 11.8 Å². The van der Waals surface area contributed by atoms with Crippen molar-refractivity contribution in [3.05, 3.63) is 62.8 Å². The molecule has 33 heavy (non-hydrogen) atoms. The fraction of sp³-hybridized carbons (Fsp3) is 0.407. The van der Waals surface area contributed by atoms with Gasteiger partial charge in [0.15, 0.2) is 0 Å². The number of hydrogen-bond acceptors (Lipinski definition) is 3. The highest BCUT2D eigenvalue weighted by Gasteiger charge is 2.40. The fourth-order valence-corrected chi connectivity index (χ4v) is 5.56. The van der Waals surface area contributed by atoms with Gasteiger partial charge in [-0.25, -0.2) is 0 Å². The van der Waals surface area contributed by atoms with Crippen LogP contribution in [-0.2, 0) is 18.3 Å². The number of ether oxygens (including phenoxy) is 1. The first-order valence-electron chi connectivity index (χ1n) is 11.5. The second-order valence-electron chi connectivity index (χ2n) is 9.49. The molecule has 0 radical (unpaired) electrons. The summed E-state index contributed by atoms with van der Waals surface area (Å²) in [5.41, 5.74) is 4.60. The molecule has 2 fully saturated rings. The van der Waals surface area contributed by atoms with Gasteiger partial charge in [0.05, 0.1) is 16.7 Å². The maximum Gasteiger partial charge on any atom is 0.139 e. The van der Waals surface area contributed by atoms with Crippen molar-refractivity contribution >= 4 is 39.9 Å². The number of ketones is 1. The van der Waals surface area contributed by atoms with Crippen molar-refractivity contribution in [2.45, 2.75) is 51.6 Å². The molecular formula is C27H26Cl2N2O2. The number of nitrogens with zero attached hydrogens (tertiary/aromatic N) is 2. The average Bonchev–Trinajstić information content (AvgIpc) is 3.03. The molecular weight excluding hydrogens is 455 g/mol. The zero-order valence-electron chi connectivity index (χ0n) is 18.8. The Labute approximate surface area is 204 Å². The Morgan fingerprint density at radius 3 is 2.61 bits per heavy atom. The van der Waals surface area contributed by atoms with Crippen LogP contribution in [0.25, 0.3) is 10.9 Å². The minimum Gasteiger partial charge on any atom is -0.489 e. The van der Waals surface area contributed by atoms with E-state index in [0.29, 0.717) is 33.6 Å². The van der Waals surface area contributed by atoms with Crippen LogP contribution in [0.15, 0.2) is 30.3 Å². The Bertz CT molecular complexity index is 1290. The van der Waals surface area contributed by atoms with Crippen molar-refractivity contribution < 1.29 is 9.53 Å². The van der Waals surface area contributed by atoms with Crippen molar-refractivity contribution in [1.29, 1.82) is 5.26 Å². The summed E-state index contributed by atoms with van der Waals surface area (Å²) >= 11 is 13.3.